The average molecular weight is 603 g/mol. The standard InChI is InChI=1S/C26H18Cl5FN2O3/c1-12(35)33-15-5-2-13(3-6-15)10-20(36)21-16(27)7-9-19(24(21)29)34-25(37)23-22(26(23,30)31)14-4-8-18(32)17(28)11-14/h2-9,11,22-23H,10H2,1H3,(H,33,35)(H,34,37). The summed E-state index contributed by atoms with van der Waals surface area (Å²) in [5.74, 6) is -3.21. The molecule has 0 aliphatic heterocycles. The zero-order valence-corrected chi connectivity index (χ0v) is 22.8. The zero-order chi connectivity index (χ0) is 27.1. The molecule has 0 radical (unpaired) electrons. The number of hydrogen-bond donors (Lipinski definition) is 2. The quantitative estimate of drug-likeness (QED) is 0.215. The predicted molar refractivity (Wildman–Crippen MR) is 146 cm³/mol. The van der Waals surface area contributed by atoms with Crippen molar-refractivity contribution in [3.05, 3.63) is 92.2 Å². The molecule has 0 heterocycles. The Morgan fingerprint density at radius 1 is 0.919 bits per heavy atom. The SMILES string of the molecule is CC(=O)Nc1ccc(CC(=O)c2c(Cl)ccc(NC(=O)C3C(c4ccc(F)c(Cl)c4)C3(Cl)Cl)c2Cl)cc1. The highest BCUT2D eigenvalue weighted by atomic mass is 35.5. The lowest BCUT2D eigenvalue weighted by Crippen LogP contribution is -2.18. The molecule has 37 heavy (non-hydrogen) atoms. The third kappa shape index (κ3) is 5.89. The van der Waals surface area contributed by atoms with Gasteiger partial charge in [0, 0.05) is 24.9 Å². The largest absolute Gasteiger partial charge is 0.326 e. The van der Waals surface area contributed by atoms with E-state index in [4.69, 9.17) is 58.0 Å². The number of nitrogens with one attached hydrogen (secondary N) is 2. The van der Waals surface area contributed by atoms with Crippen LogP contribution in [0.3, 0.4) is 0 Å². The molecule has 3 aromatic rings. The van der Waals surface area contributed by atoms with Crippen LogP contribution in [0.5, 0.6) is 0 Å². The van der Waals surface area contributed by atoms with Crippen molar-refractivity contribution in [2.75, 3.05) is 10.6 Å². The molecule has 0 aromatic heterocycles. The van der Waals surface area contributed by atoms with E-state index in [1.807, 2.05) is 0 Å². The number of anilines is 2. The van der Waals surface area contributed by atoms with Gasteiger partial charge in [-0.2, -0.15) is 0 Å². The summed E-state index contributed by atoms with van der Waals surface area (Å²) in [6.45, 7) is 1.40. The van der Waals surface area contributed by atoms with Crippen LogP contribution < -0.4 is 10.6 Å². The Morgan fingerprint density at radius 2 is 1.59 bits per heavy atom. The molecule has 2 N–H and O–H groups in total. The second-order valence-corrected chi connectivity index (χ2v) is 11.2. The normalized spacial score (nSPS) is 17.7. The maximum atomic E-state index is 13.6. The van der Waals surface area contributed by atoms with Gasteiger partial charge >= 0.3 is 0 Å². The molecule has 11 heteroatoms. The van der Waals surface area contributed by atoms with Crippen molar-refractivity contribution in [1.82, 2.24) is 0 Å². The first kappa shape index (κ1) is 27.7. The molecule has 1 aliphatic rings. The smallest absolute Gasteiger partial charge is 0.231 e. The summed E-state index contributed by atoms with van der Waals surface area (Å²) in [5.41, 5.74) is 1.99. The van der Waals surface area contributed by atoms with E-state index in [2.05, 4.69) is 10.6 Å². The van der Waals surface area contributed by atoms with Crippen LogP contribution in [-0.4, -0.2) is 21.9 Å². The number of Topliss-reactive ketones (excluding diaryl/α,β-unsaturated/α-hetero) is 1. The fourth-order valence-corrected chi connectivity index (χ4v) is 5.72. The molecule has 4 rings (SSSR count). The average Bonchev–Trinajstić information content (AvgIpc) is 3.40. The zero-order valence-electron chi connectivity index (χ0n) is 19.1. The second-order valence-electron chi connectivity index (χ2n) is 8.55. The van der Waals surface area contributed by atoms with E-state index in [1.165, 1.54) is 37.3 Å². The summed E-state index contributed by atoms with van der Waals surface area (Å²) in [5, 5.41) is 5.30. The first-order valence-electron chi connectivity index (χ1n) is 10.9. The van der Waals surface area contributed by atoms with Gasteiger partial charge in [0.05, 0.1) is 32.2 Å². The second kappa shape index (κ2) is 10.8. The van der Waals surface area contributed by atoms with E-state index in [-0.39, 0.29) is 44.4 Å². The monoisotopic (exact) mass is 600 g/mol. The summed E-state index contributed by atoms with van der Waals surface area (Å²) in [4.78, 5) is 37.3. The number of ketones is 1. The molecule has 2 unspecified atom stereocenters. The third-order valence-corrected chi connectivity index (χ3v) is 7.84. The predicted octanol–water partition coefficient (Wildman–Crippen LogP) is 7.70. The van der Waals surface area contributed by atoms with Crippen LogP contribution in [0, 0.1) is 11.7 Å². The van der Waals surface area contributed by atoms with Crippen LogP contribution in [0.1, 0.15) is 34.3 Å². The molecule has 1 aliphatic carbocycles. The van der Waals surface area contributed by atoms with E-state index in [1.54, 1.807) is 24.3 Å². The van der Waals surface area contributed by atoms with Crippen molar-refractivity contribution in [2.45, 2.75) is 23.6 Å². The molecule has 0 bridgehead atoms. The van der Waals surface area contributed by atoms with Crippen LogP contribution in [0.4, 0.5) is 15.8 Å². The first-order chi connectivity index (χ1) is 17.4. The maximum absolute atomic E-state index is 13.6. The molecule has 1 fully saturated rings. The Labute approximate surface area is 237 Å². The van der Waals surface area contributed by atoms with Gasteiger partial charge in [-0.15, -0.1) is 23.2 Å². The molecule has 2 atom stereocenters. The minimum Gasteiger partial charge on any atom is -0.326 e. The van der Waals surface area contributed by atoms with Gasteiger partial charge in [0.25, 0.3) is 0 Å². The summed E-state index contributed by atoms with van der Waals surface area (Å²) >= 11 is 31.4. The number of carbonyl (C=O) groups is 3. The summed E-state index contributed by atoms with van der Waals surface area (Å²) in [6.07, 6.45) is -0.0142. The Kier molecular flexibility index (Phi) is 8.07. The van der Waals surface area contributed by atoms with E-state index >= 15 is 0 Å². The summed E-state index contributed by atoms with van der Waals surface area (Å²) in [6, 6.07) is 13.7. The number of hydrogen-bond acceptors (Lipinski definition) is 3. The van der Waals surface area contributed by atoms with E-state index in [0.717, 1.165) is 0 Å². The number of halogens is 6. The van der Waals surface area contributed by atoms with Crippen molar-refractivity contribution in [3.8, 4) is 0 Å². The van der Waals surface area contributed by atoms with Gasteiger partial charge in [0.2, 0.25) is 11.8 Å². The fourth-order valence-electron chi connectivity index (χ4n) is 4.07. The van der Waals surface area contributed by atoms with E-state index in [9.17, 15) is 18.8 Å². The number of rotatable bonds is 7. The van der Waals surface area contributed by atoms with Gasteiger partial charge in [-0.25, -0.2) is 4.39 Å². The number of alkyl halides is 2. The van der Waals surface area contributed by atoms with Gasteiger partial charge in [0.1, 0.15) is 10.2 Å². The molecule has 192 valence electrons. The molecule has 0 saturated heterocycles. The first-order valence-corrected chi connectivity index (χ1v) is 12.8. The molecular weight excluding hydrogens is 585 g/mol. The van der Waals surface area contributed by atoms with Crippen LogP contribution >= 0.6 is 58.0 Å². The van der Waals surface area contributed by atoms with Gasteiger partial charge < -0.3 is 10.6 Å². The number of benzene rings is 3. The van der Waals surface area contributed by atoms with Crippen LogP contribution in [0.25, 0.3) is 0 Å². The Bertz CT molecular complexity index is 1410. The van der Waals surface area contributed by atoms with Crippen molar-refractivity contribution >= 4 is 87.0 Å². The highest BCUT2D eigenvalue weighted by molar-refractivity contribution is 6.53. The highest BCUT2D eigenvalue weighted by Crippen LogP contribution is 2.65. The molecule has 3 aromatic carbocycles. The molecular formula is C26H18Cl5FN2O3. The van der Waals surface area contributed by atoms with Crippen molar-refractivity contribution in [1.29, 1.82) is 0 Å². The lowest BCUT2D eigenvalue weighted by molar-refractivity contribution is -0.117. The van der Waals surface area contributed by atoms with E-state index in [0.29, 0.717) is 16.8 Å². The lowest BCUT2D eigenvalue weighted by Gasteiger charge is -2.13. The fraction of sp³-hybridized carbons (Fsp3) is 0.192. The Hall–Kier alpha value is -2.35. The molecule has 2 amide bonds. The molecule has 1 saturated carbocycles. The van der Waals surface area contributed by atoms with Crippen molar-refractivity contribution < 1.29 is 18.8 Å². The van der Waals surface area contributed by atoms with Gasteiger partial charge in [-0.05, 0) is 47.5 Å². The summed E-state index contributed by atoms with van der Waals surface area (Å²) < 4.78 is 12.1. The minimum absolute atomic E-state index is 0.0142. The van der Waals surface area contributed by atoms with Crippen molar-refractivity contribution in [2.24, 2.45) is 5.92 Å². The van der Waals surface area contributed by atoms with Crippen LogP contribution in [-0.2, 0) is 16.0 Å². The van der Waals surface area contributed by atoms with Crippen molar-refractivity contribution in [3.63, 3.8) is 0 Å². The number of amides is 2. The Balaban J connectivity index is 1.51. The third-order valence-electron chi connectivity index (χ3n) is 5.91. The molecule has 0 spiro atoms. The summed E-state index contributed by atoms with van der Waals surface area (Å²) in [7, 11) is 0. The minimum atomic E-state index is -1.44. The van der Waals surface area contributed by atoms with Crippen LogP contribution in [0.15, 0.2) is 54.6 Å². The van der Waals surface area contributed by atoms with Gasteiger partial charge in [0.15, 0.2) is 5.78 Å². The molecule has 5 nitrogen and oxygen atoms in total. The Morgan fingerprint density at radius 3 is 2.22 bits per heavy atom. The number of carbonyl (C=O) groups excluding carboxylic acids is 3. The van der Waals surface area contributed by atoms with Gasteiger partial charge in [-0.1, -0.05) is 53.0 Å². The lowest BCUT2D eigenvalue weighted by atomic mass is 10.0. The van der Waals surface area contributed by atoms with Crippen LogP contribution in [0.2, 0.25) is 15.1 Å². The van der Waals surface area contributed by atoms with E-state index < -0.39 is 27.9 Å². The van der Waals surface area contributed by atoms with Gasteiger partial charge in [-0.3, -0.25) is 14.4 Å². The maximum Gasteiger partial charge on any atom is 0.231 e. The topological polar surface area (TPSA) is 75.3 Å². The highest BCUT2D eigenvalue weighted by Gasteiger charge is 2.67.